The molecular formula is C13H15BClNO5. The fraction of sp³-hybridized carbons (Fsp3) is 0.462. The molecule has 0 aromatic carbocycles. The molecule has 3 rings (SSSR count). The Morgan fingerprint density at radius 2 is 2.38 bits per heavy atom. The van der Waals surface area contributed by atoms with Crippen molar-refractivity contribution >= 4 is 24.8 Å². The third-order valence-corrected chi connectivity index (χ3v) is 4.25. The molecule has 1 unspecified atom stereocenters. The van der Waals surface area contributed by atoms with Crippen LogP contribution in [0.4, 0.5) is 4.79 Å². The zero-order valence-electron chi connectivity index (χ0n) is 11.7. The number of allylic oxidation sites excluding steroid dienone is 3. The van der Waals surface area contributed by atoms with Gasteiger partial charge in [0.25, 0.3) is 0 Å². The van der Waals surface area contributed by atoms with Crippen LogP contribution >= 0.6 is 11.6 Å². The molecule has 0 saturated carbocycles. The SMILES string of the molecule is CC1(C)OB2OC(CNC(=O)O)C(Cl)=C3C=COCC1=C23. The van der Waals surface area contributed by atoms with Gasteiger partial charge in [0, 0.05) is 0 Å². The lowest BCUT2D eigenvalue weighted by Gasteiger charge is -2.29. The highest BCUT2D eigenvalue weighted by Crippen LogP contribution is 2.44. The van der Waals surface area contributed by atoms with E-state index in [1.165, 1.54) is 0 Å². The summed E-state index contributed by atoms with van der Waals surface area (Å²) in [6.07, 6.45) is 1.67. The number of nitrogens with one attached hydrogen (secondary N) is 1. The maximum absolute atomic E-state index is 10.6. The highest BCUT2D eigenvalue weighted by Gasteiger charge is 2.50. The van der Waals surface area contributed by atoms with E-state index in [-0.39, 0.29) is 6.54 Å². The lowest BCUT2D eigenvalue weighted by Crippen LogP contribution is -2.42. The van der Waals surface area contributed by atoms with Gasteiger partial charge in [0.1, 0.15) is 6.61 Å². The van der Waals surface area contributed by atoms with Crippen LogP contribution in [0.25, 0.3) is 0 Å². The van der Waals surface area contributed by atoms with Crippen LogP contribution in [0.2, 0.25) is 0 Å². The minimum absolute atomic E-state index is 0.0647. The molecule has 1 atom stereocenters. The smallest absolute Gasteiger partial charge is 0.495 e. The number of rotatable bonds is 2. The molecule has 112 valence electrons. The van der Waals surface area contributed by atoms with Crippen LogP contribution in [-0.4, -0.2) is 43.2 Å². The van der Waals surface area contributed by atoms with Gasteiger partial charge in [0.05, 0.1) is 29.5 Å². The molecule has 0 aliphatic carbocycles. The Balaban J connectivity index is 1.99. The van der Waals surface area contributed by atoms with Gasteiger partial charge in [-0.1, -0.05) is 11.6 Å². The lowest BCUT2D eigenvalue weighted by atomic mass is 9.70. The first-order valence-corrected chi connectivity index (χ1v) is 6.99. The lowest BCUT2D eigenvalue weighted by molar-refractivity contribution is 0.0890. The van der Waals surface area contributed by atoms with Gasteiger partial charge < -0.3 is 24.5 Å². The van der Waals surface area contributed by atoms with Gasteiger partial charge in [-0.25, -0.2) is 4.79 Å². The van der Waals surface area contributed by atoms with Crippen molar-refractivity contribution in [2.45, 2.75) is 25.6 Å². The Hall–Kier alpha value is -1.44. The van der Waals surface area contributed by atoms with E-state index >= 15 is 0 Å². The van der Waals surface area contributed by atoms with Crippen LogP contribution in [0.1, 0.15) is 13.8 Å². The second kappa shape index (κ2) is 5.08. The first-order valence-electron chi connectivity index (χ1n) is 6.62. The van der Waals surface area contributed by atoms with Gasteiger partial charge in [0.15, 0.2) is 0 Å². The number of hydrogen-bond acceptors (Lipinski definition) is 4. The third-order valence-electron chi connectivity index (χ3n) is 3.80. The van der Waals surface area contributed by atoms with Crippen molar-refractivity contribution in [2.24, 2.45) is 0 Å². The predicted octanol–water partition coefficient (Wildman–Crippen LogP) is 1.82. The summed E-state index contributed by atoms with van der Waals surface area (Å²) in [5, 5.41) is 11.5. The summed E-state index contributed by atoms with van der Waals surface area (Å²) >= 11 is 6.39. The molecule has 0 spiro atoms. The van der Waals surface area contributed by atoms with Gasteiger partial charge in [-0.2, -0.15) is 0 Å². The van der Waals surface area contributed by atoms with E-state index in [1.54, 1.807) is 12.3 Å². The first-order chi connectivity index (χ1) is 9.90. The summed E-state index contributed by atoms with van der Waals surface area (Å²) in [5.41, 5.74) is 2.17. The molecule has 3 aliphatic rings. The topological polar surface area (TPSA) is 77.0 Å². The maximum Gasteiger partial charge on any atom is 0.495 e. The highest BCUT2D eigenvalue weighted by molar-refractivity contribution is 6.58. The molecule has 21 heavy (non-hydrogen) atoms. The van der Waals surface area contributed by atoms with Crippen molar-refractivity contribution in [1.29, 1.82) is 0 Å². The standard InChI is InChI=1S/C13H15BClNO5/c1-13(2)8-6-19-4-3-7-10(8)14(21-13)20-9(11(7)15)5-16-12(17)18/h3-4,9,16H,5-6H2,1-2H3,(H,17,18). The zero-order chi connectivity index (χ0) is 15.2. The first kappa shape index (κ1) is 14.5. The van der Waals surface area contributed by atoms with Gasteiger partial charge in [-0.3, -0.25) is 0 Å². The van der Waals surface area contributed by atoms with Gasteiger partial charge in [-0.15, -0.1) is 0 Å². The maximum atomic E-state index is 10.6. The highest BCUT2D eigenvalue weighted by atomic mass is 35.5. The second-order valence-electron chi connectivity index (χ2n) is 5.54. The summed E-state index contributed by atoms with van der Waals surface area (Å²) in [4.78, 5) is 10.6. The van der Waals surface area contributed by atoms with Gasteiger partial charge >= 0.3 is 13.2 Å². The minimum atomic E-state index is -1.12. The fourth-order valence-electron chi connectivity index (χ4n) is 2.75. The molecule has 0 aromatic rings. The van der Waals surface area contributed by atoms with Crippen LogP contribution in [-0.2, 0) is 14.0 Å². The second-order valence-corrected chi connectivity index (χ2v) is 5.95. The molecule has 2 N–H and O–H groups in total. The van der Waals surface area contributed by atoms with E-state index in [1.807, 2.05) is 13.8 Å². The quantitative estimate of drug-likeness (QED) is 0.761. The predicted molar refractivity (Wildman–Crippen MR) is 76.8 cm³/mol. The molecule has 3 heterocycles. The van der Waals surface area contributed by atoms with Crippen LogP contribution < -0.4 is 5.32 Å². The summed E-state index contributed by atoms with van der Waals surface area (Å²) in [6.45, 7) is 4.38. The van der Waals surface area contributed by atoms with Crippen molar-refractivity contribution in [3.63, 3.8) is 0 Å². The van der Waals surface area contributed by atoms with E-state index in [2.05, 4.69) is 5.32 Å². The summed E-state index contributed by atoms with van der Waals surface area (Å²) in [6, 6.07) is 0. The Labute approximate surface area is 127 Å². The number of hydrogen-bond donors (Lipinski definition) is 2. The largest absolute Gasteiger partial charge is 0.497 e. The van der Waals surface area contributed by atoms with E-state index in [0.717, 1.165) is 16.6 Å². The minimum Gasteiger partial charge on any atom is -0.497 e. The summed E-state index contributed by atoms with van der Waals surface area (Å²) in [5.74, 6) is 0. The molecule has 1 amide bonds. The van der Waals surface area contributed by atoms with Gasteiger partial charge in [-0.05, 0) is 36.5 Å². The number of amides is 1. The van der Waals surface area contributed by atoms with Crippen molar-refractivity contribution in [3.05, 3.63) is 34.0 Å². The van der Waals surface area contributed by atoms with Crippen molar-refractivity contribution in [1.82, 2.24) is 5.32 Å². The van der Waals surface area contributed by atoms with Crippen molar-refractivity contribution < 1.29 is 23.9 Å². The molecule has 0 radical (unpaired) electrons. The monoisotopic (exact) mass is 311 g/mol. The van der Waals surface area contributed by atoms with Crippen LogP contribution in [0.3, 0.4) is 0 Å². The molecule has 6 nitrogen and oxygen atoms in total. The van der Waals surface area contributed by atoms with Crippen LogP contribution in [0, 0.1) is 0 Å². The molecule has 0 aromatic heterocycles. The number of carbonyl (C=O) groups is 1. The number of halogens is 1. The fourth-order valence-corrected chi connectivity index (χ4v) is 3.04. The van der Waals surface area contributed by atoms with Crippen LogP contribution in [0.5, 0.6) is 0 Å². The normalized spacial score (nSPS) is 26.4. The molecule has 0 fully saturated rings. The van der Waals surface area contributed by atoms with Gasteiger partial charge in [0.2, 0.25) is 0 Å². The molecular weight excluding hydrogens is 296 g/mol. The molecule has 3 aliphatic heterocycles. The van der Waals surface area contributed by atoms with Crippen LogP contribution in [0.15, 0.2) is 34.0 Å². The van der Waals surface area contributed by atoms with E-state index in [0.29, 0.717) is 11.6 Å². The van der Waals surface area contributed by atoms with E-state index < -0.39 is 24.9 Å². The van der Waals surface area contributed by atoms with Crippen molar-refractivity contribution in [2.75, 3.05) is 13.2 Å². The Bertz CT molecular complexity index is 583. The average molecular weight is 312 g/mol. The average Bonchev–Trinajstić information content (AvgIpc) is 2.57. The molecule has 0 saturated heterocycles. The summed E-state index contributed by atoms with van der Waals surface area (Å²) in [7, 11) is -0.556. The number of carboxylic acid groups (broad SMARTS) is 1. The Kier molecular flexibility index (Phi) is 3.51. The zero-order valence-corrected chi connectivity index (χ0v) is 12.4. The van der Waals surface area contributed by atoms with E-state index in [4.69, 9.17) is 30.8 Å². The number of ether oxygens (including phenoxy) is 1. The molecule has 0 bridgehead atoms. The summed E-state index contributed by atoms with van der Waals surface area (Å²) < 4.78 is 17.2. The van der Waals surface area contributed by atoms with Crippen molar-refractivity contribution in [3.8, 4) is 0 Å². The molecule has 8 heteroatoms. The van der Waals surface area contributed by atoms with E-state index in [9.17, 15) is 4.79 Å². The Morgan fingerprint density at radius 3 is 3.10 bits per heavy atom. The third kappa shape index (κ3) is 2.45. The Morgan fingerprint density at radius 1 is 1.62 bits per heavy atom.